The number of rotatable bonds is 9. The number of ether oxygens (including phenoxy) is 2. The Bertz CT molecular complexity index is 1560. The van der Waals surface area contributed by atoms with Gasteiger partial charge in [-0.25, -0.2) is 4.79 Å². The van der Waals surface area contributed by atoms with Crippen LogP contribution in [0.4, 0.5) is 17.1 Å². The van der Waals surface area contributed by atoms with Crippen molar-refractivity contribution in [2.75, 3.05) is 23.3 Å². The van der Waals surface area contributed by atoms with E-state index in [2.05, 4.69) is 58.2 Å². The Morgan fingerprint density at radius 1 is 0.800 bits per heavy atom. The molecule has 1 spiro atoms. The maximum atomic E-state index is 13.3. The molecular weight excluding hydrogens is 564 g/mol. The zero-order chi connectivity index (χ0) is 27.7. The highest BCUT2D eigenvalue weighted by molar-refractivity contribution is 9.10. The minimum absolute atomic E-state index is 0.324. The standard InChI is InChI=1S/C34H33BrN2O3/c1-3-5-19-37(20-6-4-2)24-16-17-27-32(22-24)39-31-18-15-23(36-30-14-10-9-13-29(30)35)21-28(31)34(27)26-12-8-7-11-25(26)33(38)40-34/h7-18,21-22,36H,3-6,19-20H2,1-2H3. The first kappa shape index (κ1) is 26.5. The Hall–Kier alpha value is -3.77. The Balaban J connectivity index is 1.49. The van der Waals surface area contributed by atoms with Gasteiger partial charge in [0, 0.05) is 51.7 Å². The van der Waals surface area contributed by atoms with Crippen LogP contribution in [0.2, 0.25) is 0 Å². The molecule has 0 fully saturated rings. The normalized spacial score (nSPS) is 16.5. The molecule has 0 aliphatic carbocycles. The third-order valence-corrected chi connectivity index (χ3v) is 8.47. The maximum absolute atomic E-state index is 13.3. The molecule has 1 N–H and O–H groups in total. The molecule has 0 saturated carbocycles. The molecule has 1 unspecified atom stereocenters. The van der Waals surface area contributed by atoms with Crippen molar-refractivity contribution < 1.29 is 14.3 Å². The van der Waals surface area contributed by atoms with Crippen LogP contribution in [0.3, 0.4) is 0 Å². The van der Waals surface area contributed by atoms with Crippen LogP contribution in [0.25, 0.3) is 0 Å². The maximum Gasteiger partial charge on any atom is 0.340 e. The highest BCUT2D eigenvalue weighted by atomic mass is 79.9. The van der Waals surface area contributed by atoms with Gasteiger partial charge in [-0.2, -0.15) is 0 Å². The molecule has 2 aliphatic rings. The number of anilines is 3. The van der Waals surface area contributed by atoms with Crippen LogP contribution < -0.4 is 15.0 Å². The number of carbonyl (C=O) groups is 1. The molecule has 0 radical (unpaired) electrons. The fourth-order valence-electron chi connectivity index (χ4n) is 5.72. The topological polar surface area (TPSA) is 50.8 Å². The summed E-state index contributed by atoms with van der Waals surface area (Å²) in [5, 5.41) is 3.50. The average molecular weight is 598 g/mol. The molecule has 2 aliphatic heterocycles. The molecule has 1 atom stereocenters. The number of para-hydroxylation sites is 1. The van der Waals surface area contributed by atoms with E-state index in [4.69, 9.17) is 9.47 Å². The fourth-order valence-corrected chi connectivity index (χ4v) is 6.11. The second-order valence-electron chi connectivity index (χ2n) is 10.4. The van der Waals surface area contributed by atoms with Gasteiger partial charge in [0.1, 0.15) is 11.5 Å². The van der Waals surface area contributed by atoms with Crippen molar-refractivity contribution in [1.82, 2.24) is 0 Å². The Morgan fingerprint density at radius 3 is 2.33 bits per heavy atom. The summed E-state index contributed by atoms with van der Waals surface area (Å²) in [5.74, 6) is 1.08. The van der Waals surface area contributed by atoms with Gasteiger partial charge in [0.15, 0.2) is 5.60 Å². The number of nitrogens with zero attached hydrogens (tertiary/aromatic N) is 1. The van der Waals surface area contributed by atoms with Gasteiger partial charge in [0.25, 0.3) is 0 Å². The predicted octanol–water partition coefficient (Wildman–Crippen LogP) is 9.17. The number of benzene rings is 4. The molecule has 40 heavy (non-hydrogen) atoms. The molecule has 0 saturated heterocycles. The Kier molecular flexibility index (Phi) is 7.28. The Labute approximate surface area is 244 Å². The summed E-state index contributed by atoms with van der Waals surface area (Å²) in [7, 11) is 0. The molecule has 6 heteroatoms. The van der Waals surface area contributed by atoms with Crippen molar-refractivity contribution in [3.8, 4) is 11.5 Å². The lowest BCUT2D eigenvalue weighted by molar-refractivity contribution is 0.0224. The molecule has 5 nitrogen and oxygen atoms in total. The molecule has 0 aromatic heterocycles. The second kappa shape index (κ2) is 11.0. The van der Waals surface area contributed by atoms with Gasteiger partial charge in [0.2, 0.25) is 0 Å². The van der Waals surface area contributed by atoms with E-state index in [0.29, 0.717) is 11.3 Å². The van der Waals surface area contributed by atoms with Gasteiger partial charge in [-0.15, -0.1) is 0 Å². The first-order valence-electron chi connectivity index (χ1n) is 14.1. The van der Waals surface area contributed by atoms with Crippen LogP contribution >= 0.6 is 15.9 Å². The summed E-state index contributed by atoms with van der Waals surface area (Å²) in [4.78, 5) is 15.7. The van der Waals surface area contributed by atoms with Crippen molar-refractivity contribution in [3.05, 3.63) is 112 Å². The van der Waals surface area contributed by atoms with Gasteiger partial charge in [0.05, 0.1) is 11.3 Å². The van der Waals surface area contributed by atoms with E-state index in [-0.39, 0.29) is 5.97 Å². The van der Waals surface area contributed by atoms with Gasteiger partial charge in [-0.3, -0.25) is 0 Å². The van der Waals surface area contributed by atoms with Crippen molar-refractivity contribution >= 4 is 39.0 Å². The molecule has 4 aromatic rings. The first-order chi connectivity index (χ1) is 19.5. The molecule has 6 rings (SSSR count). The van der Waals surface area contributed by atoms with Crippen LogP contribution in [0, 0.1) is 0 Å². The minimum Gasteiger partial charge on any atom is -0.456 e. The van der Waals surface area contributed by atoms with Crippen LogP contribution in [-0.4, -0.2) is 19.1 Å². The minimum atomic E-state index is -1.10. The van der Waals surface area contributed by atoms with E-state index in [9.17, 15) is 4.79 Å². The van der Waals surface area contributed by atoms with E-state index in [0.717, 1.165) is 82.7 Å². The third-order valence-electron chi connectivity index (χ3n) is 7.78. The number of nitrogens with one attached hydrogen (secondary N) is 1. The second-order valence-corrected chi connectivity index (χ2v) is 11.3. The van der Waals surface area contributed by atoms with Crippen LogP contribution in [0.15, 0.2) is 89.4 Å². The molecule has 4 aromatic carbocycles. The summed E-state index contributed by atoms with van der Waals surface area (Å²) in [6.07, 6.45) is 4.55. The van der Waals surface area contributed by atoms with Gasteiger partial charge in [-0.1, -0.05) is 57.0 Å². The summed E-state index contributed by atoms with van der Waals surface area (Å²) >= 11 is 3.63. The van der Waals surface area contributed by atoms with E-state index < -0.39 is 5.60 Å². The van der Waals surface area contributed by atoms with Gasteiger partial charge >= 0.3 is 5.97 Å². The smallest absolute Gasteiger partial charge is 0.340 e. The summed E-state index contributed by atoms with van der Waals surface area (Å²) in [6, 6.07) is 28.0. The third kappa shape index (κ3) is 4.54. The van der Waals surface area contributed by atoms with Gasteiger partial charge < -0.3 is 19.7 Å². The predicted molar refractivity (Wildman–Crippen MR) is 164 cm³/mol. The first-order valence-corrected chi connectivity index (χ1v) is 14.9. The lowest BCUT2D eigenvalue weighted by Gasteiger charge is -2.37. The lowest BCUT2D eigenvalue weighted by atomic mass is 9.77. The van der Waals surface area contributed by atoms with Crippen molar-refractivity contribution in [1.29, 1.82) is 0 Å². The van der Waals surface area contributed by atoms with Crippen LogP contribution in [0.1, 0.15) is 66.6 Å². The van der Waals surface area contributed by atoms with E-state index in [1.165, 1.54) is 0 Å². The van der Waals surface area contributed by atoms with Crippen molar-refractivity contribution in [2.24, 2.45) is 0 Å². The highest BCUT2D eigenvalue weighted by Gasteiger charge is 2.53. The average Bonchev–Trinajstić information content (AvgIpc) is 3.27. The van der Waals surface area contributed by atoms with E-state index >= 15 is 0 Å². The lowest BCUT2D eigenvalue weighted by Crippen LogP contribution is -2.33. The molecule has 0 amide bonds. The Morgan fingerprint density at radius 2 is 1.55 bits per heavy atom. The van der Waals surface area contributed by atoms with Gasteiger partial charge in [-0.05, 0) is 77.3 Å². The zero-order valence-corrected chi connectivity index (χ0v) is 24.5. The number of hydrogen-bond acceptors (Lipinski definition) is 5. The number of halogens is 1. The van der Waals surface area contributed by atoms with E-state index in [1.807, 2.05) is 66.7 Å². The molecule has 2 heterocycles. The van der Waals surface area contributed by atoms with Crippen LogP contribution in [0.5, 0.6) is 11.5 Å². The highest BCUT2D eigenvalue weighted by Crippen LogP contribution is 2.57. The molecule has 0 bridgehead atoms. The molecular formula is C34H33BrN2O3. The number of hydrogen-bond donors (Lipinski definition) is 1. The number of carbonyl (C=O) groups excluding carboxylic acids is 1. The number of esters is 1. The summed E-state index contributed by atoms with van der Waals surface area (Å²) in [5.41, 5.74) is 4.92. The fraction of sp³-hybridized carbons (Fsp3) is 0.265. The summed E-state index contributed by atoms with van der Waals surface area (Å²) in [6.45, 7) is 6.44. The SMILES string of the molecule is CCCCN(CCCC)c1ccc2c(c1)Oc1ccc(Nc3ccccc3Br)cc1C21OC(=O)c2ccccc21. The number of unbranched alkanes of at least 4 members (excludes halogenated alkanes) is 2. The van der Waals surface area contributed by atoms with Crippen molar-refractivity contribution in [3.63, 3.8) is 0 Å². The number of fused-ring (bicyclic) bond motifs is 6. The van der Waals surface area contributed by atoms with Crippen molar-refractivity contribution in [2.45, 2.75) is 45.1 Å². The summed E-state index contributed by atoms with van der Waals surface area (Å²) < 4.78 is 14.0. The van der Waals surface area contributed by atoms with Crippen LogP contribution in [-0.2, 0) is 10.3 Å². The monoisotopic (exact) mass is 596 g/mol. The quantitative estimate of drug-likeness (QED) is 0.195. The molecule has 204 valence electrons. The largest absolute Gasteiger partial charge is 0.456 e. The zero-order valence-electron chi connectivity index (χ0n) is 22.9. The van der Waals surface area contributed by atoms with E-state index in [1.54, 1.807) is 0 Å².